The van der Waals surface area contributed by atoms with Crippen LogP contribution in [0, 0.1) is 13.8 Å². The van der Waals surface area contributed by atoms with Crippen molar-refractivity contribution in [2.45, 2.75) is 20.5 Å². The lowest BCUT2D eigenvalue weighted by atomic mass is 10.2. The molecule has 0 radical (unpaired) electrons. The van der Waals surface area contributed by atoms with E-state index in [0.717, 1.165) is 22.5 Å². The lowest BCUT2D eigenvalue weighted by Gasteiger charge is -2.08. The molecule has 2 aromatic heterocycles. The molecule has 0 unspecified atom stereocenters. The maximum Gasteiger partial charge on any atom is 0.215 e. The van der Waals surface area contributed by atoms with Gasteiger partial charge in [-0.1, -0.05) is 6.07 Å². The Kier molecular flexibility index (Phi) is 2.68. The van der Waals surface area contributed by atoms with Gasteiger partial charge in [0.05, 0.1) is 17.6 Å². The molecule has 2 heterocycles. The maximum atomic E-state index is 9.21. The number of benzene rings is 1. The number of aromatic nitrogens is 3. The molecule has 4 heteroatoms. The Morgan fingerprint density at radius 1 is 1.11 bits per heavy atom. The summed E-state index contributed by atoms with van der Waals surface area (Å²) in [5, 5.41) is 9.21. The first-order valence-corrected chi connectivity index (χ1v) is 6.33. The fourth-order valence-corrected chi connectivity index (χ4v) is 2.51. The van der Waals surface area contributed by atoms with Crippen molar-refractivity contribution in [1.82, 2.24) is 14.1 Å². The van der Waals surface area contributed by atoms with Gasteiger partial charge < -0.3 is 9.67 Å². The SMILES string of the molecule is Cc1ccc(C)n1-c1nc2cc(CO)ccc2n1C. The molecule has 1 N–H and O–H groups in total. The molecule has 0 fully saturated rings. The minimum absolute atomic E-state index is 0.0451. The highest BCUT2D eigenvalue weighted by molar-refractivity contribution is 5.78. The van der Waals surface area contributed by atoms with Crippen LogP contribution in [-0.4, -0.2) is 19.2 Å². The molecule has 98 valence electrons. The van der Waals surface area contributed by atoms with E-state index in [-0.39, 0.29) is 6.61 Å². The van der Waals surface area contributed by atoms with Gasteiger partial charge >= 0.3 is 0 Å². The molecule has 0 atom stereocenters. The highest BCUT2D eigenvalue weighted by Gasteiger charge is 2.12. The van der Waals surface area contributed by atoms with Crippen LogP contribution in [0.4, 0.5) is 0 Å². The van der Waals surface area contributed by atoms with Gasteiger partial charge in [-0.15, -0.1) is 0 Å². The van der Waals surface area contributed by atoms with Crippen molar-refractivity contribution < 1.29 is 5.11 Å². The van der Waals surface area contributed by atoms with E-state index in [1.54, 1.807) is 0 Å². The zero-order valence-corrected chi connectivity index (χ0v) is 11.4. The zero-order valence-electron chi connectivity index (χ0n) is 11.4. The summed E-state index contributed by atoms with van der Waals surface area (Å²) < 4.78 is 4.22. The van der Waals surface area contributed by atoms with Crippen LogP contribution in [0.25, 0.3) is 17.0 Å². The molecule has 0 aliphatic rings. The molecule has 0 saturated carbocycles. The van der Waals surface area contributed by atoms with Crippen molar-refractivity contribution in [3.63, 3.8) is 0 Å². The average Bonchev–Trinajstić information content (AvgIpc) is 2.90. The molecule has 0 spiro atoms. The highest BCUT2D eigenvalue weighted by atomic mass is 16.3. The van der Waals surface area contributed by atoms with E-state index in [0.29, 0.717) is 0 Å². The van der Waals surface area contributed by atoms with E-state index >= 15 is 0 Å². The van der Waals surface area contributed by atoms with Crippen molar-refractivity contribution in [1.29, 1.82) is 0 Å². The second kappa shape index (κ2) is 4.24. The number of fused-ring (bicyclic) bond motifs is 1. The first-order chi connectivity index (χ1) is 9.11. The van der Waals surface area contributed by atoms with Crippen molar-refractivity contribution in [2.75, 3.05) is 0 Å². The Morgan fingerprint density at radius 2 is 1.79 bits per heavy atom. The summed E-state index contributed by atoms with van der Waals surface area (Å²) in [5.41, 5.74) is 5.20. The van der Waals surface area contributed by atoms with Gasteiger partial charge in [0.25, 0.3) is 0 Å². The summed E-state index contributed by atoms with van der Waals surface area (Å²) in [6, 6.07) is 10.1. The Bertz CT molecular complexity index is 733. The molecule has 0 amide bonds. The molecular formula is C15H17N3O. The maximum absolute atomic E-state index is 9.21. The molecular weight excluding hydrogens is 238 g/mol. The number of aliphatic hydroxyl groups excluding tert-OH is 1. The van der Waals surface area contributed by atoms with Crippen LogP contribution >= 0.6 is 0 Å². The van der Waals surface area contributed by atoms with Crippen molar-refractivity contribution in [3.05, 3.63) is 47.3 Å². The van der Waals surface area contributed by atoms with Crippen LogP contribution in [0.3, 0.4) is 0 Å². The third-order valence-electron chi connectivity index (χ3n) is 3.58. The Morgan fingerprint density at radius 3 is 2.42 bits per heavy atom. The second-order valence-electron chi connectivity index (χ2n) is 4.90. The van der Waals surface area contributed by atoms with Crippen molar-refractivity contribution in [3.8, 4) is 5.95 Å². The topological polar surface area (TPSA) is 43.0 Å². The first kappa shape index (κ1) is 12.0. The Labute approximate surface area is 111 Å². The largest absolute Gasteiger partial charge is 0.392 e. The third kappa shape index (κ3) is 1.76. The Hall–Kier alpha value is -2.07. The quantitative estimate of drug-likeness (QED) is 0.764. The summed E-state index contributed by atoms with van der Waals surface area (Å²) in [7, 11) is 2.02. The molecule has 1 aromatic carbocycles. The number of aliphatic hydroxyl groups is 1. The number of imidazole rings is 1. The summed E-state index contributed by atoms with van der Waals surface area (Å²) in [6.45, 7) is 4.19. The van der Waals surface area contributed by atoms with E-state index in [9.17, 15) is 5.11 Å². The number of aryl methyl sites for hydroxylation is 3. The molecule has 4 nitrogen and oxygen atoms in total. The predicted octanol–water partition coefficient (Wildman–Crippen LogP) is 2.47. The molecule has 0 aliphatic heterocycles. The van der Waals surface area contributed by atoms with Gasteiger partial charge in [-0.2, -0.15) is 0 Å². The summed E-state index contributed by atoms with van der Waals surface area (Å²) in [6.07, 6.45) is 0. The molecule has 3 aromatic rings. The van der Waals surface area contributed by atoms with Gasteiger partial charge in [0.15, 0.2) is 0 Å². The molecule has 0 saturated heterocycles. The fourth-order valence-electron chi connectivity index (χ4n) is 2.51. The number of rotatable bonds is 2. The van der Waals surface area contributed by atoms with Gasteiger partial charge in [-0.05, 0) is 43.7 Å². The summed E-state index contributed by atoms with van der Waals surface area (Å²) >= 11 is 0. The van der Waals surface area contributed by atoms with Gasteiger partial charge in [0.1, 0.15) is 0 Å². The van der Waals surface area contributed by atoms with Crippen LogP contribution in [0.5, 0.6) is 0 Å². The molecule has 19 heavy (non-hydrogen) atoms. The van der Waals surface area contributed by atoms with Gasteiger partial charge in [-0.25, -0.2) is 4.98 Å². The van der Waals surface area contributed by atoms with Gasteiger partial charge in [0.2, 0.25) is 5.95 Å². The molecule has 0 bridgehead atoms. The first-order valence-electron chi connectivity index (χ1n) is 6.33. The van der Waals surface area contributed by atoms with Crippen molar-refractivity contribution in [2.24, 2.45) is 7.05 Å². The average molecular weight is 255 g/mol. The lowest BCUT2D eigenvalue weighted by molar-refractivity contribution is 0.282. The number of hydrogen-bond acceptors (Lipinski definition) is 2. The minimum Gasteiger partial charge on any atom is -0.392 e. The highest BCUT2D eigenvalue weighted by Crippen LogP contribution is 2.22. The molecule has 3 rings (SSSR count). The van der Waals surface area contributed by atoms with E-state index in [4.69, 9.17) is 4.98 Å². The third-order valence-corrected chi connectivity index (χ3v) is 3.58. The molecule has 0 aliphatic carbocycles. The van der Waals surface area contributed by atoms with E-state index < -0.39 is 0 Å². The van der Waals surface area contributed by atoms with Crippen LogP contribution in [0.15, 0.2) is 30.3 Å². The van der Waals surface area contributed by atoms with E-state index in [1.165, 1.54) is 11.4 Å². The van der Waals surface area contributed by atoms with E-state index in [1.807, 2.05) is 25.2 Å². The smallest absolute Gasteiger partial charge is 0.215 e. The predicted molar refractivity (Wildman–Crippen MR) is 75.4 cm³/mol. The lowest BCUT2D eigenvalue weighted by Crippen LogP contribution is -2.06. The minimum atomic E-state index is 0.0451. The summed E-state index contributed by atoms with van der Waals surface area (Å²) in [5.74, 6) is 0.907. The standard InChI is InChI=1S/C15H17N3O/c1-10-4-5-11(2)18(10)15-16-13-8-12(9-19)6-7-14(13)17(15)3/h4-8,19H,9H2,1-3H3. The second-order valence-corrected chi connectivity index (χ2v) is 4.90. The van der Waals surface area contributed by atoms with Crippen LogP contribution in [0.2, 0.25) is 0 Å². The van der Waals surface area contributed by atoms with Crippen LogP contribution < -0.4 is 0 Å². The Balaban J connectivity index is 2.28. The summed E-state index contributed by atoms with van der Waals surface area (Å²) in [4.78, 5) is 4.70. The fraction of sp³-hybridized carbons (Fsp3) is 0.267. The number of nitrogens with zero attached hydrogens (tertiary/aromatic N) is 3. The zero-order chi connectivity index (χ0) is 13.6. The van der Waals surface area contributed by atoms with Gasteiger partial charge in [0, 0.05) is 18.4 Å². The van der Waals surface area contributed by atoms with Crippen molar-refractivity contribution >= 4 is 11.0 Å². The van der Waals surface area contributed by atoms with Gasteiger partial charge in [-0.3, -0.25) is 4.57 Å². The normalized spacial score (nSPS) is 11.4. The van der Waals surface area contributed by atoms with Crippen LogP contribution in [0.1, 0.15) is 17.0 Å². The van der Waals surface area contributed by atoms with E-state index in [2.05, 4.69) is 35.1 Å². The monoisotopic (exact) mass is 255 g/mol. The van der Waals surface area contributed by atoms with Crippen LogP contribution in [-0.2, 0) is 13.7 Å². The number of hydrogen-bond donors (Lipinski definition) is 1.